The van der Waals surface area contributed by atoms with Crippen molar-refractivity contribution in [3.63, 3.8) is 0 Å². The molecule has 2 N–H and O–H groups in total. The Balaban J connectivity index is 1.69. The Labute approximate surface area is 179 Å². The molecular weight excluding hydrogens is 409 g/mol. The summed E-state index contributed by atoms with van der Waals surface area (Å²) in [5, 5.41) is 5.52. The van der Waals surface area contributed by atoms with E-state index in [4.69, 9.17) is 11.6 Å². The van der Waals surface area contributed by atoms with E-state index >= 15 is 0 Å². The van der Waals surface area contributed by atoms with Crippen LogP contribution in [0.2, 0.25) is 5.02 Å². The number of benzene rings is 2. The van der Waals surface area contributed by atoms with Crippen LogP contribution in [0, 0.1) is 11.7 Å². The molecule has 2 aromatic rings. The molecule has 30 heavy (non-hydrogen) atoms. The highest BCUT2D eigenvalue weighted by Gasteiger charge is 2.35. The highest BCUT2D eigenvalue weighted by Crippen LogP contribution is 2.29. The topological polar surface area (TPSA) is 78.5 Å². The zero-order chi connectivity index (χ0) is 21.7. The van der Waals surface area contributed by atoms with Crippen molar-refractivity contribution in [1.29, 1.82) is 0 Å². The third kappa shape index (κ3) is 4.97. The Morgan fingerprint density at radius 1 is 1.23 bits per heavy atom. The lowest BCUT2D eigenvalue weighted by Gasteiger charge is -2.17. The number of amides is 3. The number of rotatable bonds is 7. The average molecular weight is 432 g/mol. The van der Waals surface area contributed by atoms with Gasteiger partial charge in [0.1, 0.15) is 5.82 Å². The molecule has 0 aliphatic carbocycles. The molecule has 0 aromatic heterocycles. The number of anilines is 2. The summed E-state index contributed by atoms with van der Waals surface area (Å²) >= 11 is 5.81. The number of para-hydroxylation sites is 1. The normalized spacial score (nSPS) is 15.9. The lowest BCUT2D eigenvalue weighted by atomic mass is 10.1. The van der Waals surface area contributed by atoms with Crippen LogP contribution >= 0.6 is 11.6 Å². The number of carbonyl (C=O) groups excluding carboxylic acids is 3. The van der Waals surface area contributed by atoms with Crippen LogP contribution in [0.25, 0.3) is 0 Å². The van der Waals surface area contributed by atoms with Gasteiger partial charge in [0, 0.05) is 25.2 Å². The van der Waals surface area contributed by atoms with Crippen LogP contribution in [0.15, 0.2) is 42.5 Å². The van der Waals surface area contributed by atoms with E-state index in [1.165, 1.54) is 23.1 Å². The van der Waals surface area contributed by atoms with Gasteiger partial charge in [-0.2, -0.15) is 0 Å². The number of unbranched alkanes of at least 4 members (excludes halogenated alkanes) is 1. The van der Waals surface area contributed by atoms with Crippen LogP contribution in [-0.4, -0.2) is 30.8 Å². The molecule has 0 radical (unpaired) electrons. The largest absolute Gasteiger partial charge is 0.352 e. The summed E-state index contributed by atoms with van der Waals surface area (Å²) in [6, 6.07) is 10.8. The molecule has 0 bridgehead atoms. The minimum atomic E-state index is -0.600. The first-order valence-corrected chi connectivity index (χ1v) is 10.2. The predicted molar refractivity (Wildman–Crippen MR) is 114 cm³/mol. The van der Waals surface area contributed by atoms with E-state index < -0.39 is 11.7 Å². The fraction of sp³-hybridized carbons (Fsp3) is 0.318. The van der Waals surface area contributed by atoms with Crippen LogP contribution in [0.1, 0.15) is 36.5 Å². The molecule has 3 amide bonds. The summed E-state index contributed by atoms with van der Waals surface area (Å²) in [5.41, 5.74) is 1.21. The molecule has 0 saturated carbocycles. The van der Waals surface area contributed by atoms with Crippen molar-refractivity contribution < 1.29 is 18.8 Å². The van der Waals surface area contributed by atoms with E-state index in [1.54, 1.807) is 24.3 Å². The summed E-state index contributed by atoms with van der Waals surface area (Å²) in [5.74, 6) is -2.03. The van der Waals surface area contributed by atoms with E-state index in [-0.39, 0.29) is 35.7 Å². The van der Waals surface area contributed by atoms with E-state index in [0.29, 0.717) is 23.5 Å². The molecule has 2 aromatic carbocycles. The molecule has 1 atom stereocenters. The van der Waals surface area contributed by atoms with Crippen LogP contribution in [0.5, 0.6) is 0 Å². The Bertz CT molecular complexity index is 966. The second-order valence-electron chi connectivity index (χ2n) is 7.15. The monoisotopic (exact) mass is 431 g/mol. The molecule has 1 unspecified atom stereocenters. The van der Waals surface area contributed by atoms with Crippen LogP contribution in [0.3, 0.4) is 0 Å². The third-order valence-electron chi connectivity index (χ3n) is 4.96. The van der Waals surface area contributed by atoms with Gasteiger partial charge in [-0.1, -0.05) is 37.1 Å². The zero-order valence-electron chi connectivity index (χ0n) is 16.6. The summed E-state index contributed by atoms with van der Waals surface area (Å²) in [6.07, 6.45) is 1.85. The van der Waals surface area contributed by atoms with Crippen LogP contribution in [0.4, 0.5) is 15.8 Å². The van der Waals surface area contributed by atoms with Gasteiger partial charge in [-0.3, -0.25) is 14.4 Å². The molecule has 6 nitrogen and oxygen atoms in total. The maximum Gasteiger partial charge on any atom is 0.253 e. The number of hydrogen-bond acceptors (Lipinski definition) is 3. The maximum absolute atomic E-state index is 13.4. The highest BCUT2D eigenvalue weighted by molar-refractivity contribution is 6.31. The standard InChI is InChI=1S/C22H23ClFN3O3/c1-2-3-10-25-22(30)16-6-4-5-7-19(16)26-21(29)14-11-20(28)27(13-14)15-8-9-18(24)17(23)12-15/h4-9,12,14H,2-3,10-11,13H2,1H3,(H,25,30)(H,26,29). The van der Waals surface area contributed by atoms with Crippen LogP contribution in [-0.2, 0) is 9.59 Å². The van der Waals surface area contributed by atoms with E-state index in [2.05, 4.69) is 10.6 Å². The second-order valence-corrected chi connectivity index (χ2v) is 7.56. The molecule has 1 aliphatic rings. The molecule has 1 fully saturated rings. The average Bonchev–Trinajstić information content (AvgIpc) is 3.12. The number of nitrogens with zero attached hydrogens (tertiary/aromatic N) is 1. The van der Waals surface area contributed by atoms with Crippen molar-refractivity contribution in [2.45, 2.75) is 26.2 Å². The smallest absolute Gasteiger partial charge is 0.253 e. The first kappa shape index (κ1) is 21.8. The van der Waals surface area contributed by atoms with Crippen molar-refractivity contribution in [1.82, 2.24) is 5.32 Å². The van der Waals surface area contributed by atoms with Crippen LogP contribution < -0.4 is 15.5 Å². The highest BCUT2D eigenvalue weighted by atomic mass is 35.5. The summed E-state index contributed by atoms with van der Waals surface area (Å²) in [4.78, 5) is 39.0. The minimum absolute atomic E-state index is 0.0195. The van der Waals surface area contributed by atoms with Crippen molar-refractivity contribution >= 4 is 40.7 Å². The van der Waals surface area contributed by atoms with Crippen molar-refractivity contribution in [3.05, 3.63) is 58.9 Å². The first-order chi connectivity index (χ1) is 14.4. The van der Waals surface area contributed by atoms with E-state index in [1.807, 2.05) is 6.92 Å². The maximum atomic E-state index is 13.4. The van der Waals surface area contributed by atoms with Crippen molar-refractivity contribution in [2.24, 2.45) is 5.92 Å². The van der Waals surface area contributed by atoms with Gasteiger partial charge in [0.05, 0.1) is 22.2 Å². The van der Waals surface area contributed by atoms with Gasteiger partial charge in [0.2, 0.25) is 11.8 Å². The fourth-order valence-electron chi connectivity index (χ4n) is 3.28. The number of halogens is 2. The molecular formula is C22H23ClFN3O3. The molecule has 3 rings (SSSR count). The molecule has 1 saturated heterocycles. The lowest BCUT2D eigenvalue weighted by Crippen LogP contribution is -2.29. The van der Waals surface area contributed by atoms with Gasteiger partial charge in [-0.05, 0) is 36.8 Å². The van der Waals surface area contributed by atoms with Gasteiger partial charge in [-0.25, -0.2) is 4.39 Å². The quantitative estimate of drug-likeness (QED) is 0.650. The zero-order valence-corrected chi connectivity index (χ0v) is 17.3. The first-order valence-electron chi connectivity index (χ1n) is 9.84. The molecule has 8 heteroatoms. The van der Waals surface area contributed by atoms with Gasteiger partial charge in [0.25, 0.3) is 5.91 Å². The Morgan fingerprint density at radius 3 is 2.73 bits per heavy atom. The second kappa shape index (κ2) is 9.71. The van der Waals surface area contributed by atoms with Gasteiger partial charge in [-0.15, -0.1) is 0 Å². The minimum Gasteiger partial charge on any atom is -0.352 e. The molecule has 158 valence electrons. The SMILES string of the molecule is CCCCNC(=O)c1ccccc1NC(=O)C1CC(=O)N(c2ccc(F)c(Cl)c2)C1. The van der Waals surface area contributed by atoms with Gasteiger partial charge >= 0.3 is 0 Å². The summed E-state index contributed by atoms with van der Waals surface area (Å²) in [6.45, 7) is 2.74. The number of hydrogen-bond donors (Lipinski definition) is 2. The summed E-state index contributed by atoms with van der Waals surface area (Å²) < 4.78 is 13.4. The van der Waals surface area contributed by atoms with Crippen molar-refractivity contribution in [2.75, 3.05) is 23.3 Å². The third-order valence-corrected chi connectivity index (χ3v) is 5.25. The Morgan fingerprint density at radius 2 is 2.00 bits per heavy atom. The number of nitrogens with one attached hydrogen (secondary N) is 2. The number of carbonyl (C=O) groups is 3. The predicted octanol–water partition coefficient (Wildman–Crippen LogP) is 4.00. The lowest BCUT2D eigenvalue weighted by molar-refractivity contribution is -0.122. The summed E-state index contributed by atoms with van der Waals surface area (Å²) in [7, 11) is 0. The van der Waals surface area contributed by atoms with E-state index in [9.17, 15) is 18.8 Å². The molecule has 1 aliphatic heterocycles. The van der Waals surface area contributed by atoms with Gasteiger partial charge in [0.15, 0.2) is 0 Å². The fourth-order valence-corrected chi connectivity index (χ4v) is 3.46. The van der Waals surface area contributed by atoms with Crippen molar-refractivity contribution in [3.8, 4) is 0 Å². The van der Waals surface area contributed by atoms with E-state index in [0.717, 1.165) is 12.8 Å². The van der Waals surface area contributed by atoms with Gasteiger partial charge < -0.3 is 15.5 Å². The Hall–Kier alpha value is -2.93. The molecule has 0 spiro atoms. The molecule has 1 heterocycles. The Kier molecular flexibility index (Phi) is 7.05.